The minimum atomic E-state index is -0.836. The van der Waals surface area contributed by atoms with E-state index in [0.717, 1.165) is 30.8 Å². The van der Waals surface area contributed by atoms with Crippen molar-refractivity contribution in [2.75, 3.05) is 55.5 Å². The van der Waals surface area contributed by atoms with Crippen LogP contribution in [0.5, 0.6) is 0 Å². The molecule has 190 valence electrons. The number of anilines is 3. The molecule has 1 aliphatic rings. The first-order valence-electron chi connectivity index (χ1n) is 11.4. The van der Waals surface area contributed by atoms with Gasteiger partial charge in [0.2, 0.25) is 0 Å². The average Bonchev–Trinajstić information content (AvgIpc) is 3.37. The lowest BCUT2D eigenvalue weighted by Gasteiger charge is -2.24. The third kappa shape index (κ3) is 6.23. The first kappa shape index (κ1) is 25.9. The van der Waals surface area contributed by atoms with E-state index in [1.165, 1.54) is 17.7 Å². The number of carbonyl (C=O) groups excluding carboxylic acids is 2. The number of ether oxygens (including phenoxy) is 2. The quantitative estimate of drug-likeness (QED) is 0.434. The van der Waals surface area contributed by atoms with E-state index >= 15 is 0 Å². The number of hydrogen-bond acceptors (Lipinski definition) is 10. The Bertz CT molecular complexity index is 1150. The fourth-order valence-corrected chi connectivity index (χ4v) is 3.76. The third-order valence-electron chi connectivity index (χ3n) is 5.47. The maximum absolute atomic E-state index is 13.0. The lowest BCUT2D eigenvalue weighted by Crippen LogP contribution is -2.44. The number of aromatic nitrogens is 4. The molecule has 13 heteroatoms. The van der Waals surface area contributed by atoms with Gasteiger partial charge < -0.3 is 20.1 Å². The predicted molar refractivity (Wildman–Crippen MR) is 129 cm³/mol. The summed E-state index contributed by atoms with van der Waals surface area (Å²) in [5.41, 5.74) is 4.37. The number of carbonyl (C=O) groups is 2. The van der Waals surface area contributed by atoms with Gasteiger partial charge in [-0.1, -0.05) is 13.8 Å². The van der Waals surface area contributed by atoms with Gasteiger partial charge in [-0.25, -0.2) is 9.59 Å². The maximum Gasteiger partial charge on any atom is 0.359 e. The van der Waals surface area contributed by atoms with Crippen LogP contribution < -0.4 is 26.8 Å². The zero-order chi connectivity index (χ0) is 25.5. The second-order valence-corrected chi connectivity index (χ2v) is 8.58. The van der Waals surface area contributed by atoms with E-state index in [2.05, 4.69) is 20.1 Å². The molecule has 0 unspecified atom stereocenters. The molecule has 3 N–H and O–H groups in total. The number of H-pyrrole nitrogens is 1. The van der Waals surface area contributed by atoms with E-state index in [-0.39, 0.29) is 42.8 Å². The molecule has 0 saturated carbocycles. The number of amides is 1. The Hall–Kier alpha value is -3.74. The Kier molecular flexibility index (Phi) is 8.58. The molecule has 1 saturated heterocycles. The normalized spacial score (nSPS) is 13.3. The summed E-state index contributed by atoms with van der Waals surface area (Å²) in [6, 6.07) is 3.17. The van der Waals surface area contributed by atoms with Gasteiger partial charge in [-0.3, -0.25) is 24.0 Å². The number of nitrogens with zero attached hydrogens (tertiary/aromatic N) is 5. The molecule has 0 radical (unpaired) electrons. The molecule has 2 aromatic rings. The molecule has 1 fully saturated rings. The van der Waals surface area contributed by atoms with Crippen LogP contribution in [0.15, 0.2) is 21.7 Å². The van der Waals surface area contributed by atoms with Crippen molar-refractivity contribution in [2.45, 2.75) is 33.2 Å². The molecule has 0 aromatic carbocycles. The second-order valence-electron chi connectivity index (χ2n) is 8.58. The van der Waals surface area contributed by atoms with Crippen LogP contribution in [0.2, 0.25) is 0 Å². The Morgan fingerprint density at radius 3 is 2.51 bits per heavy atom. The Balaban J connectivity index is 1.76. The van der Waals surface area contributed by atoms with Crippen LogP contribution in [0, 0.1) is 5.92 Å². The van der Waals surface area contributed by atoms with Crippen molar-refractivity contribution in [2.24, 2.45) is 5.92 Å². The number of nitrogen functional groups attached to an aromatic ring is 1. The minimum absolute atomic E-state index is 0.0490. The van der Waals surface area contributed by atoms with Crippen LogP contribution in [0.3, 0.4) is 0 Å². The summed E-state index contributed by atoms with van der Waals surface area (Å²) in [7, 11) is 1.43. The monoisotopic (exact) mass is 489 g/mol. The largest absolute Gasteiger partial charge is 0.451 e. The number of hydrogen-bond donors (Lipinski definition) is 2. The summed E-state index contributed by atoms with van der Waals surface area (Å²) in [5, 5.41) is 7.97. The van der Waals surface area contributed by atoms with Crippen molar-refractivity contribution in [3.63, 3.8) is 0 Å². The molecule has 0 spiro atoms. The predicted octanol–water partition coefficient (Wildman–Crippen LogP) is 0.00140. The first-order chi connectivity index (χ1) is 16.7. The summed E-state index contributed by atoms with van der Waals surface area (Å²) < 4.78 is 11.4. The highest BCUT2D eigenvalue weighted by atomic mass is 16.5. The van der Waals surface area contributed by atoms with Gasteiger partial charge in [-0.2, -0.15) is 0 Å². The molecule has 0 atom stereocenters. The molecule has 1 aliphatic heterocycles. The molecule has 0 aliphatic carbocycles. The van der Waals surface area contributed by atoms with E-state index in [0.29, 0.717) is 5.82 Å². The third-order valence-corrected chi connectivity index (χ3v) is 5.47. The molecule has 1 amide bonds. The van der Waals surface area contributed by atoms with Crippen LogP contribution in [0.1, 0.15) is 37.2 Å². The van der Waals surface area contributed by atoms with Crippen LogP contribution in [-0.2, 0) is 20.8 Å². The van der Waals surface area contributed by atoms with Gasteiger partial charge in [0.05, 0.1) is 6.61 Å². The number of methoxy groups -OCH3 is 1. The molecular weight excluding hydrogens is 458 g/mol. The minimum Gasteiger partial charge on any atom is -0.451 e. The van der Waals surface area contributed by atoms with Crippen LogP contribution >= 0.6 is 0 Å². The summed E-state index contributed by atoms with van der Waals surface area (Å²) in [5.74, 6) is -0.990. The smallest absolute Gasteiger partial charge is 0.359 e. The topological polar surface area (TPSA) is 166 Å². The highest BCUT2D eigenvalue weighted by Crippen LogP contribution is 2.19. The van der Waals surface area contributed by atoms with Crippen LogP contribution in [0.25, 0.3) is 0 Å². The summed E-state index contributed by atoms with van der Waals surface area (Å²) >= 11 is 0. The average molecular weight is 490 g/mol. The Morgan fingerprint density at radius 1 is 1.20 bits per heavy atom. The highest BCUT2D eigenvalue weighted by molar-refractivity contribution is 5.98. The van der Waals surface area contributed by atoms with Gasteiger partial charge >= 0.3 is 11.7 Å². The molecule has 3 heterocycles. The van der Waals surface area contributed by atoms with Gasteiger partial charge in [-0.05, 0) is 30.9 Å². The number of nitrogens with one attached hydrogen (secondary N) is 1. The van der Waals surface area contributed by atoms with Crippen molar-refractivity contribution in [3.05, 3.63) is 38.7 Å². The lowest BCUT2D eigenvalue weighted by molar-refractivity contribution is -0.121. The van der Waals surface area contributed by atoms with E-state index < -0.39 is 29.7 Å². The van der Waals surface area contributed by atoms with Crippen LogP contribution in [-0.4, -0.2) is 71.6 Å². The van der Waals surface area contributed by atoms with Gasteiger partial charge in [0.1, 0.15) is 5.82 Å². The summed E-state index contributed by atoms with van der Waals surface area (Å²) in [4.78, 5) is 55.6. The number of esters is 1. The van der Waals surface area contributed by atoms with Gasteiger partial charge in [0, 0.05) is 33.3 Å². The Morgan fingerprint density at radius 2 is 1.91 bits per heavy atom. The molecule has 13 nitrogen and oxygen atoms in total. The van der Waals surface area contributed by atoms with Crippen molar-refractivity contribution in [3.8, 4) is 0 Å². The molecule has 2 aromatic heterocycles. The fourth-order valence-electron chi connectivity index (χ4n) is 3.76. The lowest BCUT2D eigenvalue weighted by atomic mass is 10.2. The summed E-state index contributed by atoms with van der Waals surface area (Å²) in [6.45, 7) is 5.11. The SMILES string of the molecule is COCCN(C(=O)COC(=O)c1ccc(N2CCCC2)nn1)c1c(N)n(CC(C)C)c(=O)[nH]c1=O. The molecular formula is C22H31N7O6. The van der Waals surface area contributed by atoms with E-state index in [1.54, 1.807) is 6.07 Å². The van der Waals surface area contributed by atoms with Crippen molar-refractivity contribution >= 4 is 29.2 Å². The second kappa shape index (κ2) is 11.6. The van der Waals surface area contributed by atoms with Crippen molar-refractivity contribution < 1.29 is 19.1 Å². The van der Waals surface area contributed by atoms with Gasteiger partial charge in [0.25, 0.3) is 11.5 Å². The zero-order valence-electron chi connectivity index (χ0n) is 20.2. The van der Waals surface area contributed by atoms with Gasteiger partial charge in [0.15, 0.2) is 23.8 Å². The highest BCUT2D eigenvalue weighted by Gasteiger charge is 2.26. The van der Waals surface area contributed by atoms with Crippen molar-refractivity contribution in [1.29, 1.82) is 0 Å². The zero-order valence-corrected chi connectivity index (χ0v) is 20.2. The number of rotatable bonds is 10. The van der Waals surface area contributed by atoms with E-state index in [1.807, 2.05) is 13.8 Å². The molecule has 35 heavy (non-hydrogen) atoms. The molecule has 3 rings (SSSR count). The van der Waals surface area contributed by atoms with E-state index in [4.69, 9.17) is 15.2 Å². The van der Waals surface area contributed by atoms with Crippen LogP contribution in [0.4, 0.5) is 17.3 Å². The number of nitrogens with two attached hydrogens (primary N) is 1. The van der Waals surface area contributed by atoms with Crippen molar-refractivity contribution in [1.82, 2.24) is 19.7 Å². The number of aromatic amines is 1. The first-order valence-corrected chi connectivity index (χ1v) is 11.4. The Labute approximate surface area is 201 Å². The summed E-state index contributed by atoms with van der Waals surface area (Å²) in [6.07, 6.45) is 2.16. The fraction of sp³-hybridized carbons (Fsp3) is 0.545. The van der Waals surface area contributed by atoms with E-state index in [9.17, 15) is 19.2 Å². The van der Waals surface area contributed by atoms with Gasteiger partial charge in [-0.15, -0.1) is 10.2 Å². The maximum atomic E-state index is 13.0. The molecule has 0 bridgehead atoms. The standard InChI is InChI=1S/C22H31N7O6/c1-14(2)12-29-19(23)18(20(31)24-22(29)33)28(10-11-34-3)17(30)13-35-21(32)15-6-7-16(26-25-15)27-8-4-5-9-27/h6-7,14H,4-5,8-13,23H2,1-3H3,(H,24,31,33).